The number of rotatable bonds is 7. The first-order valence-electron chi connectivity index (χ1n) is 9.29. The molecular weight excluding hydrogens is 340 g/mol. The van der Waals surface area contributed by atoms with Crippen LogP contribution in [0.1, 0.15) is 43.8 Å². The molecule has 2 aromatic heterocycles. The molecule has 7 heteroatoms. The fourth-order valence-corrected chi connectivity index (χ4v) is 2.72. The lowest BCUT2D eigenvalue weighted by Gasteiger charge is -2.18. The van der Waals surface area contributed by atoms with E-state index >= 15 is 0 Å². The Morgan fingerprint density at radius 1 is 1.26 bits per heavy atom. The Hall–Kier alpha value is -3.09. The molecule has 3 rings (SSSR count). The predicted octanol–water partition coefficient (Wildman–Crippen LogP) is 3.24. The van der Waals surface area contributed by atoms with E-state index in [0.717, 1.165) is 41.6 Å². The van der Waals surface area contributed by atoms with Crippen molar-refractivity contribution in [2.24, 2.45) is 4.99 Å². The summed E-state index contributed by atoms with van der Waals surface area (Å²) in [6.45, 7) is 7.43. The number of aromatic nitrogens is 3. The molecule has 0 aliphatic rings. The first-order chi connectivity index (χ1) is 13.2. The molecule has 1 aromatic carbocycles. The molecule has 142 valence electrons. The Kier molecular flexibility index (Phi) is 6.25. The Morgan fingerprint density at radius 3 is 2.85 bits per heavy atom. The van der Waals surface area contributed by atoms with Crippen LogP contribution in [0.15, 0.2) is 58.3 Å². The number of hydrogen-bond donors (Lipinski definition) is 2. The summed E-state index contributed by atoms with van der Waals surface area (Å²) in [5.74, 6) is 1.50. The summed E-state index contributed by atoms with van der Waals surface area (Å²) in [6.07, 6.45) is 4.57. The first kappa shape index (κ1) is 18.7. The fourth-order valence-electron chi connectivity index (χ4n) is 2.72. The maximum atomic E-state index is 5.31. The Morgan fingerprint density at radius 2 is 2.15 bits per heavy atom. The van der Waals surface area contributed by atoms with Crippen LogP contribution in [0.2, 0.25) is 0 Å². The third-order valence-corrected chi connectivity index (χ3v) is 4.20. The zero-order chi connectivity index (χ0) is 19.1. The van der Waals surface area contributed by atoms with E-state index in [1.54, 1.807) is 6.20 Å². The van der Waals surface area contributed by atoms with Crippen molar-refractivity contribution >= 4 is 5.96 Å². The van der Waals surface area contributed by atoms with Gasteiger partial charge in [0, 0.05) is 25.0 Å². The zero-order valence-electron chi connectivity index (χ0n) is 16.0. The lowest BCUT2D eigenvalue weighted by molar-refractivity contribution is 0.379. The molecule has 1 unspecified atom stereocenters. The summed E-state index contributed by atoms with van der Waals surface area (Å²) >= 11 is 0. The summed E-state index contributed by atoms with van der Waals surface area (Å²) in [5.41, 5.74) is 3.13. The summed E-state index contributed by atoms with van der Waals surface area (Å²) in [6, 6.07) is 12.2. The molecule has 0 bridgehead atoms. The van der Waals surface area contributed by atoms with Crippen molar-refractivity contribution in [2.45, 2.75) is 39.8 Å². The summed E-state index contributed by atoms with van der Waals surface area (Å²) in [5, 5.41) is 15.0. The SMILES string of the molecule is CCNC(=NCc1cc(CC)no1)NC(C)c1cccc(-n2cccn2)c1. The van der Waals surface area contributed by atoms with Crippen LogP contribution in [0.4, 0.5) is 0 Å². The molecule has 0 radical (unpaired) electrons. The van der Waals surface area contributed by atoms with E-state index in [1.807, 2.05) is 42.1 Å². The first-order valence-corrected chi connectivity index (χ1v) is 9.29. The van der Waals surface area contributed by atoms with Gasteiger partial charge in [-0.3, -0.25) is 0 Å². The minimum atomic E-state index is 0.0826. The summed E-state index contributed by atoms with van der Waals surface area (Å²) in [4.78, 5) is 4.61. The van der Waals surface area contributed by atoms with E-state index in [0.29, 0.717) is 6.54 Å². The van der Waals surface area contributed by atoms with Crippen LogP contribution >= 0.6 is 0 Å². The molecule has 0 aliphatic heterocycles. The van der Waals surface area contributed by atoms with Crippen LogP contribution in [0.3, 0.4) is 0 Å². The van der Waals surface area contributed by atoms with Crippen LogP contribution in [0.5, 0.6) is 0 Å². The lowest BCUT2D eigenvalue weighted by atomic mass is 10.1. The largest absolute Gasteiger partial charge is 0.359 e. The maximum Gasteiger partial charge on any atom is 0.192 e. The van der Waals surface area contributed by atoms with E-state index in [-0.39, 0.29) is 6.04 Å². The fraction of sp³-hybridized carbons (Fsp3) is 0.350. The highest BCUT2D eigenvalue weighted by atomic mass is 16.5. The third kappa shape index (κ3) is 4.97. The molecule has 0 saturated carbocycles. The number of aryl methyl sites for hydroxylation is 1. The Balaban J connectivity index is 1.70. The molecule has 1 atom stereocenters. The molecule has 3 aromatic rings. The van der Waals surface area contributed by atoms with Gasteiger partial charge in [-0.1, -0.05) is 24.2 Å². The Labute approximate surface area is 159 Å². The molecule has 2 heterocycles. The molecule has 7 nitrogen and oxygen atoms in total. The van der Waals surface area contributed by atoms with Crippen molar-refractivity contribution in [1.29, 1.82) is 0 Å². The standard InChI is InChI=1S/C20H26N6O/c1-4-17-13-19(27-25-17)14-22-20(21-5-2)24-15(3)16-8-6-9-18(12-16)26-11-7-10-23-26/h6-13,15H,4-5,14H2,1-3H3,(H2,21,22,24). The van der Waals surface area contributed by atoms with Gasteiger partial charge in [0.1, 0.15) is 6.54 Å². The van der Waals surface area contributed by atoms with Gasteiger partial charge < -0.3 is 15.2 Å². The second-order valence-electron chi connectivity index (χ2n) is 6.24. The number of guanidine groups is 1. The van der Waals surface area contributed by atoms with Gasteiger partial charge >= 0.3 is 0 Å². The van der Waals surface area contributed by atoms with E-state index < -0.39 is 0 Å². The number of hydrogen-bond acceptors (Lipinski definition) is 4. The van der Waals surface area contributed by atoms with Crippen LogP contribution in [0.25, 0.3) is 5.69 Å². The highest BCUT2D eigenvalue weighted by Gasteiger charge is 2.10. The quantitative estimate of drug-likeness (QED) is 0.496. The van der Waals surface area contributed by atoms with Crippen LogP contribution < -0.4 is 10.6 Å². The van der Waals surface area contributed by atoms with E-state index in [2.05, 4.69) is 51.9 Å². The average molecular weight is 366 g/mol. The number of nitrogens with zero attached hydrogens (tertiary/aromatic N) is 4. The van der Waals surface area contributed by atoms with Crippen LogP contribution in [-0.2, 0) is 13.0 Å². The van der Waals surface area contributed by atoms with Gasteiger partial charge in [0.25, 0.3) is 0 Å². The minimum absolute atomic E-state index is 0.0826. The molecule has 0 fully saturated rings. The van der Waals surface area contributed by atoms with Gasteiger partial charge in [0.2, 0.25) is 0 Å². The van der Waals surface area contributed by atoms with E-state index in [9.17, 15) is 0 Å². The van der Waals surface area contributed by atoms with Gasteiger partial charge in [0.05, 0.1) is 17.4 Å². The van der Waals surface area contributed by atoms with Crippen LogP contribution in [-0.4, -0.2) is 27.4 Å². The van der Waals surface area contributed by atoms with E-state index in [1.165, 1.54) is 0 Å². The molecule has 0 spiro atoms. The van der Waals surface area contributed by atoms with Gasteiger partial charge in [-0.25, -0.2) is 9.67 Å². The van der Waals surface area contributed by atoms with E-state index in [4.69, 9.17) is 4.52 Å². The van der Waals surface area contributed by atoms with Crippen molar-refractivity contribution in [3.8, 4) is 5.69 Å². The zero-order valence-corrected chi connectivity index (χ0v) is 16.0. The molecular formula is C20H26N6O. The maximum absolute atomic E-state index is 5.31. The predicted molar refractivity (Wildman–Crippen MR) is 106 cm³/mol. The summed E-state index contributed by atoms with van der Waals surface area (Å²) in [7, 11) is 0. The minimum Gasteiger partial charge on any atom is -0.359 e. The number of nitrogens with one attached hydrogen (secondary N) is 2. The number of benzene rings is 1. The molecule has 0 aliphatic carbocycles. The second-order valence-corrected chi connectivity index (χ2v) is 6.24. The Bertz CT molecular complexity index is 868. The van der Waals surface area contributed by atoms with Gasteiger partial charge in [0.15, 0.2) is 11.7 Å². The highest BCUT2D eigenvalue weighted by molar-refractivity contribution is 5.80. The normalized spacial score (nSPS) is 12.8. The third-order valence-electron chi connectivity index (χ3n) is 4.20. The smallest absolute Gasteiger partial charge is 0.192 e. The summed E-state index contributed by atoms with van der Waals surface area (Å²) < 4.78 is 7.16. The topological polar surface area (TPSA) is 80.3 Å². The van der Waals surface area contributed by atoms with Crippen molar-refractivity contribution in [1.82, 2.24) is 25.6 Å². The number of aliphatic imine (C=N–C) groups is 1. The van der Waals surface area contributed by atoms with Crippen molar-refractivity contribution in [2.75, 3.05) is 6.54 Å². The van der Waals surface area contributed by atoms with Crippen molar-refractivity contribution in [3.05, 3.63) is 65.8 Å². The van der Waals surface area contributed by atoms with Gasteiger partial charge in [-0.05, 0) is 44.0 Å². The molecule has 0 amide bonds. The second kappa shape index (κ2) is 9.02. The molecule has 27 heavy (non-hydrogen) atoms. The molecule has 2 N–H and O–H groups in total. The lowest BCUT2D eigenvalue weighted by Crippen LogP contribution is -2.38. The highest BCUT2D eigenvalue weighted by Crippen LogP contribution is 2.16. The van der Waals surface area contributed by atoms with Gasteiger partial charge in [-0.15, -0.1) is 0 Å². The monoisotopic (exact) mass is 366 g/mol. The molecule has 0 saturated heterocycles. The van der Waals surface area contributed by atoms with Crippen molar-refractivity contribution < 1.29 is 4.52 Å². The van der Waals surface area contributed by atoms with Gasteiger partial charge in [-0.2, -0.15) is 5.10 Å². The van der Waals surface area contributed by atoms with Crippen molar-refractivity contribution in [3.63, 3.8) is 0 Å². The van der Waals surface area contributed by atoms with Crippen LogP contribution in [0, 0.1) is 0 Å². The average Bonchev–Trinajstić information content (AvgIpc) is 3.38.